The van der Waals surface area contributed by atoms with Gasteiger partial charge in [0.05, 0.1) is 5.69 Å². The van der Waals surface area contributed by atoms with Gasteiger partial charge in [0.1, 0.15) is 0 Å². The molecule has 288 valence electrons. The van der Waals surface area contributed by atoms with Crippen molar-refractivity contribution in [1.82, 2.24) is 0 Å². The van der Waals surface area contributed by atoms with Crippen LogP contribution >= 0.6 is 0 Å². The molecule has 3 aliphatic rings. The third-order valence-corrected chi connectivity index (χ3v) is 13.1. The molecule has 0 N–H and O–H groups in total. The van der Waals surface area contributed by atoms with Gasteiger partial charge in [-0.1, -0.05) is 170 Å². The van der Waals surface area contributed by atoms with Gasteiger partial charge >= 0.3 is 0 Å². The zero-order chi connectivity index (χ0) is 40.3. The number of para-hydroxylation sites is 2. The topological polar surface area (TPSA) is 3.24 Å². The van der Waals surface area contributed by atoms with Crippen molar-refractivity contribution in [2.24, 2.45) is 0 Å². The lowest BCUT2D eigenvalue weighted by Gasteiger charge is -2.31. The highest BCUT2D eigenvalue weighted by atomic mass is 15.1. The molecule has 0 fully saturated rings. The summed E-state index contributed by atoms with van der Waals surface area (Å²) in [5, 5.41) is 7.72. The summed E-state index contributed by atoms with van der Waals surface area (Å²) in [6, 6.07) is 67.4. The minimum Gasteiger partial charge on any atom is -0.309 e. The number of rotatable bonds is 7. The minimum absolute atomic E-state index is 0.903. The van der Waals surface area contributed by atoms with Crippen molar-refractivity contribution in [2.45, 2.75) is 25.7 Å². The van der Waals surface area contributed by atoms with Gasteiger partial charge in [0.2, 0.25) is 0 Å². The number of benzene rings is 9. The van der Waals surface area contributed by atoms with Crippen molar-refractivity contribution in [3.8, 4) is 22.3 Å². The molecular formula is C60H43N. The normalized spacial score (nSPS) is 14.2. The van der Waals surface area contributed by atoms with Gasteiger partial charge in [-0.25, -0.2) is 0 Å². The molecule has 0 heterocycles. The van der Waals surface area contributed by atoms with E-state index in [4.69, 9.17) is 0 Å². The summed E-state index contributed by atoms with van der Waals surface area (Å²) in [6.07, 6.45) is 16.0. The Morgan fingerprint density at radius 1 is 0.410 bits per heavy atom. The Balaban J connectivity index is 1.08. The Morgan fingerprint density at radius 3 is 1.66 bits per heavy atom. The first-order valence-electron chi connectivity index (χ1n) is 21.7. The van der Waals surface area contributed by atoms with E-state index in [0.29, 0.717) is 0 Å². The molecule has 0 bridgehead atoms. The van der Waals surface area contributed by atoms with Gasteiger partial charge in [0, 0.05) is 22.1 Å². The van der Waals surface area contributed by atoms with E-state index < -0.39 is 0 Å². The van der Waals surface area contributed by atoms with Crippen LogP contribution in [0, 0.1) is 0 Å². The molecule has 61 heavy (non-hydrogen) atoms. The molecular weight excluding hydrogens is 735 g/mol. The second kappa shape index (κ2) is 14.7. The largest absolute Gasteiger partial charge is 0.309 e. The third-order valence-electron chi connectivity index (χ3n) is 13.1. The van der Waals surface area contributed by atoms with Crippen LogP contribution in [0.15, 0.2) is 212 Å². The van der Waals surface area contributed by atoms with Crippen LogP contribution in [0.5, 0.6) is 0 Å². The maximum absolute atomic E-state index is 2.52. The second-order valence-corrected chi connectivity index (χ2v) is 16.6. The van der Waals surface area contributed by atoms with Crippen LogP contribution in [0.3, 0.4) is 0 Å². The van der Waals surface area contributed by atoms with Crippen molar-refractivity contribution in [2.75, 3.05) is 4.90 Å². The molecule has 12 rings (SSSR count). The molecule has 0 atom stereocenters. The lowest BCUT2D eigenvalue weighted by Crippen LogP contribution is -2.11. The van der Waals surface area contributed by atoms with Crippen molar-refractivity contribution >= 4 is 66.1 Å². The fourth-order valence-electron chi connectivity index (χ4n) is 10.4. The maximum atomic E-state index is 2.52. The van der Waals surface area contributed by atoms with Gasteiger partial charge in [-0.3, -0.25) is 0 Å². The van der Waals surface area contributed by atoms with Crippen LogP contribution in [0.1, 0.15) is 47.1 Å². The summed E-state index contributed by atoms with van der Waals surface area (Å²) in [7, 11) is 0. The van der Waals surface area contributed by atoms with Gasteiger partial charge in [0.15, 0.2) is 0 Å². The monoisotopic (exact) mass is 777 g/mol. The Bertz CT molecular complexity index is 3230. The highest BCUT2D eigenvalue weighted by Crippen LogP contribution is 2.52. The van der Waals surface area contributed by atoms with Crippen molar-refractivity contribution in [1.29, 1.82) is 0 Å². The van der Waals surface area contributed by atoms with E-state index in [2.05, 4.69) is 217 Å². The fourth-order valence-corrected chi connectivity index (χ4v) is 10.4. The first kappa shape index (κ1) is 35.5. The van der Waals surface area contributed by atoms with Crippen molar-refractivity contribution < 1.29 is 0 Å². The van der Waals surface area contributed by atoms with Gasteiger partial charge in [-0.05, 0) is 156 Å². The first-order valence-corrected chi connectivity index (χ1v) is 21.7. The van der Waals surface area contributed by atoms with Crippen LogP contribution in [-0.2, 0) is 6.42 Å². The molecule has 0 saturated heterocycles. The maximum Gasteiger partial charge on any atom is 0.0618 e. The van der Waals surface area contributed by atoms with Crippen LogP contribution in [0.25, 0.3) is 71.3 Å². The molecule has 1 nitrogen and oxygen atoms in total. The van der Waals surface area contributed by atoms with Gasteiger partial charge in [-0.15, -0.1) is 0 Å². The van der Waals surface area contributed by atoms with E-state index >= 15 is 0 Å². The highest BCUT2D eigenvalue weighted by Gasteiger charge is 2.28. The van der Waals surface area contributed by atoms with E-state index in [1.54, 1.807) is 0 Å². The molecule has 0 saturated carbocycles. The average molecular weight is 778 g/mol. The summed E-state index contributed by atoms with van der Waals surface area (Å²) >= 11 is 0. The SMILES string of the molecule is C1=CC(c2cc(C3=CCC4=CCc5c(-c6c7ccccc7c(N(c7ccccc7)c7ccccc7)c7ccccc67)ccc6ccc3c4c56)cc(-c3ccccc3)c2)=CCC1. The van der Waals surface area contributed by atoms with Crippen LogP contribution in [0.4, 0.5) is 17.1 Å². The number of nitrogens with zero attached hydrogens (tertiary/aromatic N) is 1. The summed E-state index contributed by atoms with van der Waals surface area (Å²) in [5.41, 5.74) is 19.4. The quantitative estimate of drug-likeness (QED) is 0.146. The Morgan fingerprint density at radius 2 is 1.00 bits per heavy atom. The van der Waals surface area contributed by atoms with Crippen molar-refractivity contribution in [3.63, 3.8) is 0 Å². The Hall–Kier alpha value is -7.48. The van der Waals surface area contributed by atoms with Gasteiger partial charge in [-0.2, -0.15) is 0 Å². The predicted octanol–water partition coefficient (Wildman–Crippen LogP) is 16.5. The molecule has 0 spiro atoms. The molecule has 0 aromatic heterocycles. The number of hydrogen-bond acceptors (Lipinski definition) is 1. The van der Waals surface area contributed by atoms with E-state index in [1.165, 1.54) is 105 Å². The first-order chi connectivity index (χ1) is 30.3. The average Bonchev–Trinajstić information content (AvgIpc) is 3.34. The van der Waals surface area contributed by atoms with Crippen LogP contribution < -0.4 is 4.90 Å². The molecule has 0 radical (unpaired) electrons. The molecule has 3 aliphatic carbocycles. The standard InChI is InChI=1S/C60H43N/c1-5-17-40(18-6-1)44-37-45(41-19-7-2-8-20-41)39-46(38-44)49-33-29-42-31-35-53-54(36-32-43-30-34-52(49)57(42)58(43)53)59-50-25-13-15-27-55(50)60(56-28-16-14-26-51(56)59)61(47-21-9-3-10-22-47)48-23-11-4-12-24-48/h1,3-7,9-28,30-34,36-39H,2,8,29,35H2. The van der Waals surface area contributed by atoms with Crippen LogP contribution in [0.2, 0.25) is 0 Å². The molecule has 0 aliphatic heterocycles. The zero-order valence-corrected chi connectivity index (χ0v) is 34.0. The zero-order valence-electron chi connectivity index (χ0n) is 34.0. The molecule has 1 heteroatoms. The number of allylic oxidation sites excluding steroid dienone is 7. The summed E-state index contributed by atoms with van der Waals surface area (Å²) in [6.45, 7) is 0. The number of hydrogen-bond donors (Lipinski definition) is 0. The minimum atomic E-state index is 0.903. The number of fused-ring (bicyclic) bond motifs is 2. The van der Waals surface area contributed by atoms with Gasteiger partial charge in [0.25, 0.3) is 0 Å². The second-order valence-electron chi connectivity index (χ2n) is 16.6. The smallest absolute Gasteiger partial charge is 0.0618 e. The predicted molar refractivity (Wildman–Crippen MR) is 261 cm³/mol. The van der Waals surface area contributed by atoms with Crippen molar-refractivity contribution in [3.05, 3.63) is 240 Å². The number of anilines is 3. The molecule has 0 amide bonds. The highest BCUT2D eigenvalue weighted by molar-refractivity contribution is 6.23. The molecule has 9 aromatic carbocycles. The van der Waals surface area contributed by atoms with Crippen LogP contribution in [-0.4, -0.2) is 0 Å². The lowest BCUT2D eigenvalue weighted by molar-refractivity contribution is 1.04. The van der Waals surface area contributed by atoms with E-state index in [-0.39, 0.29) is 0 Å². The Labute approximate surface area is 357 Å². The summed E-state index contributed by atoms with van der Waals surface area (Å²) in [4.78, 5) is 2.44. The van der Waals surface area contributed by atoms with Gasteiger partial charge < -0.3 is 4.90 Å². The van der Waals surface area contributed by atoms with E-state index in [9.17, 15) is 0 Å². The lowest BCUT2D eigenvalue weighted by atomic mass is 9.75. The summed E-state index contributed by atoms with van der Waals surface area (Å²) in [5.74, 6) is 0. The van der Waals surface area contributed by atoms with E-state index in [0.717, 1.165) is 37.1 Å². The third kappa shape index (κ3) is 5.92. The Kier molecular flexibility index (Phi) is 8.52. The fraction of sp³-hybridized carbons (Fsp3) is 0.0667. The molecule has 9 aromatic rings. The van der Waals surface area contributed by atoms with E-state index in [1.807, 2.05) is 0 Å². The molecule has 0 unspecified atom stereocenters. The summed E-state index contributed by atoms with van der Waals surface area (Å²) < 4.78 is 0.